The van der Waals surface area contributed by atoms with Gasteiger partial charge in [0.25, 0.3) is 0 Å². The van der Waals surface area contributed by atoms with Gasteiger partial charge in [0, 0.05) is 18.4 Å². The Bertz CT molecular complexity index is 310. The molecule has 1 aliphatic rings. The van der Waals surface area contributed by atoms with Crippen LogP contribution in [0.5, 0.6) is 5.88 Å². The lowest BCUT2D eigenvalue weighted by atomic mass is 10.2. The number of pyridine rings is 1. The second-order valence-corrected chi connectivity index (χ2v) is 3.57. The van der Waals surface area contributed by atoms with Crippen LogP contribution in [0.15, 0.2) is 18.3 Å². The molecule has 0 aliphatic carbocycles. The van der Waals surface area contributed by atoms with Crippen LogP contribution in [-0.4, -0.2) is 29.4 Å². The van der Waals surface area contributed by atoms with Crippen LogP contribution in [0.25, 0.3) is 0 Å². The predicted octanol–water partition coefficient (Wildman–Crippen LogP) is 1.13. The maximum atomic E-state index is 9.06. The quantitative estimate of drug-likeness (QED) is 0.807. The van der Waals surface area contributed by atoms with Gasteiger partial charge in [-0.2, -0.15) is 0 Å². The first-order valence-corrected chi connectivity index (χ1v) is 5.19. The molecule has 82 valence electrons. The summed E-state index contributed by atoms with van der Waals surface area (Å²) in [6.07, 6.45) is 3.98. The van der Waals surface area contributed by atoms with Crippen LogP contribution in [0.3, 0.4) is 0 Å². The van der Waals surface area contributed by atoms with Gasteiger partial charge in [-0.3, -0.25) is 0 Å². The van der Waals surface area contributed by atoms with Crippen molar-refractivity contribution in [3.8, 4) is 5.88 Å². The first kappa shape index (κ1) is 10.4. The number of aliphatic hydroxyl groups excluding tert-OH is 1. The average Bonchev–Trinajstić information content (AvgIpc) is 2.79. The van der Waals surface area contributed by atoms with Gasteiger partial charge in [0.15, 0.2) is 0 Å². The third-order valence-corrected chi connectivity index (χ3v) is 2.45. The third-order valence-electron chi connectivity index (χ3n) is 2.45. The molecule has 1 aliphatic heterocycles. The number of ether oxygens (including phenoxy) is 2. The summed E-state index contributed by atoms with van der Waals surface area (Å²) < 4.78 is 10.9. The van der Waals surface area contributed by atoms with E-state index in [-0.39, 0.29) is 12.7 Å². The molecular weight excluding hydrogens is 194 g/mol. The highest BCUT2D eigenvalue weighted by Gasteiger charge is 2.16. The smallest absolute Gasteiger partial charge is 0.218 e. The van der Waals surface area contributed by atoms with Crippen molar-refractivity contribution in [1.29, 1.82) is 0 Å². The molecule has 4 heteroatoms. The molecule has 1 atom stereocenters. The van der Waals surface area contributed by atoms with Crippen LogP contribution >= 0.6 is 0 Å². The lowest BCUT2D eigenvalue weighted by molar-refractivity contribution is 0.0654. The third kappa shape index (κ3) is 2.67. The maximum absolute atomic E-state index is 9.06. The number of nitrogens with zero attached hydrogens (tertiary/aromatic N) is 1. The van der Waals surface area contributed by atoms with Crippen molar-refractivity contribution < 1.29 is 14.6 Å². The Morgan fingerprint density at radius 1 is 1.60 bits per heavy atom. The average molecular weight is 209 g/mol. The minimum atomic E-state index is -0.0469. The van der Waals surface area contributed by atoms with Crippen LogP contribution in [0.1, 0.15) is 18.4 Å². The van der Waals surface area contributed by atoms with Gasteiger partial charge in [-0.25, -0.2) is 4.98 Å². The number of aliphatic hydroxyl groups is 1. The van der Waals surface area contributed by atoms with Gasteiger partial charge >= 0.3 is 0 Å². The minimum absolute atomic E-state index is 0.0469. The van der Waals surface area contributed by atoms with E-state index in [1.165, 1.54) is 0 Å². The van der Waals surface area contributed by atoms with Crippen LogP contribution in [0.4, 0.5) is 0 Å². The second kappa shape index (κ2) is 5.09. The fourth-order valence-corrected chi connectivity index (χ4v) is 1.62. The van der Waals surface area contributed by atoms with Gasteiger partial charge in [0.05, 0.1) is 12.7 Å². The fraction of sp³-hybridized carbons (Fsp3) is 0.545. The molecule has 0 aromatic carbocycles. The zero-order valence-electron chi connectivity index (χ0n) is 8.56. The van der Waals surface area contributed by atoms with Crippen molar-refractivity contribution in [2.75, 3.05) is 13.2 Å². The van der Waals surface area contributed by atoms with Gasteiger partial charge in [-0.15, -0.1) is 0 Å². The Kier molecular flexibility index (Phi) is 3.53. The van der Waals surface area contributed by atoms with E-state index < -0.39 is 0 Å². The molecular formula is C11H15NO3. The van der Waals surface area contributed by atoms with E-state index in [1.807, 2.05) is 0 Å². The number of aromatic nitrogens is 1. The molecule has 2 heterocycles. The van der Waals surface area contributed by atoms with Crippen molar-refractivity contribution in [2.45, 2.75) is 25.6 Å². The molecule has 1 aromatic heterocycles. The van der Waals surface area contributed by atoms with E-state index in [9.17, 15) is 0 Å². The van der Waals surface area contributed by atoms with Crippen molar-refractivity contribution in [2.24, 2.45) is 0 Å². The monoisotopic (exact) mass is 209 g/mol. The van der Waals surface area contributed by atoms with E-state index in [0.29, 0.717) is 12.5 Å². The first-order valence-electron chi connectivity index (χ1n) is 5.19. The Morgan fingerprint density at radius 3 is 3.27 bits per heavy atom. The molecule has 15 heavy (non-hydrogen) atoms. The van der Waals surface area contributed by atoms with E-state index >= 15 is 0 Å². The molecule has 1 unspecified atom stereocenters. The Hall–Kier alpha value is -1.13. The normalized spacial score (nSPS) is 20.5. The molecule has 0 radical (unpaired) electrons. The van der Waals surface area contributed by atoms with Crippen molar-refractivity contribution in [3.63, 3.8) is 0 Å². The highest BCUT2D eigenvalue weighted by atomic mass is 16.5. The van der Waals surface area contributed by atoms with E-state index in [1.54, 1.807) is 18.3 Å². The molecule has 1 aromatic rings. The Balaban J connectivity index is 1.91. The van der Waals surface area contributed by atoms with E-state index in [4.69, 9.17) is 14.6 Å². The van der Waals surface area contributed by atoms with Gasteiger partial charge in [0.1, 0.15) is 6.61 Å². The largest absolute Gasteiger partial charge is 0.475 e. The second-order valence-electron chi connectivity index (χ2n) is 3.57. The predicted molar refractivity (Wildman–Crippen MR) is 54.6 cm³/mol. The number of hydrogen-bond acceptors (Lipinski definition) is 4. The van der Waals surface area contributed by atoms with Crippen LogP contribution in [0.2, 0.25) is 0 Å². The van der Waals surface area contributed by atoms with Crippen molar-refractivity contribution in [3.05, 3.63) is 23.9 Å². The first-order chi connectivity index (χ1) is 7.40. The molecule has 4 nitrogen and oxygen atoms in total. The van der Waals surface area contributed by atoms with E-state index in [2.05, 4.69) is 4.98 Å². The summed E-state index contributed by atoms with van der Waals surface area (Å²) in [5.74, 6) is 0.510. The van der Waals surface area contributed by atoms with Crippen LogP contribution < -0.4 is 4.74 Å². The molecule has 1 saturated heterocycles. The van der Waals surface area contributed by atoms with Gasteiger partial charge in [0.2, 0.25) is 5.88 Å². The highest BCUT2D eigenvalue weighted by molar-refractivity contribution is 5.24. The molecule has 0 bridgehead atoms. The summed E-state index contributed by atoms with van der Waals surface area (Å²) >= 11 is 0. The summed E-state index contributed by atoms with van der Waals surface area (Å²) in [7, 11) is 0. The van der Waals surface area contributed by atoms with Gasteiger partial charge < -0.3 is 14.6 Å². The van der Waals surface area contributed by atoms with Gasteiger partial charge in [-0.05, 0) is 25.0 Å². The highest BCUT2D eigenvalue weighted by Crippen LogP contribution is 2.17. The van der Waals surface area contributed by atoms with Crippen LogP contribution in [-0.2, 0) is 11.3 Å². The zero-order valence-corrected chi connectivity index (χ0v) is 8.56. The summed E-state index contributed by atoms with van der Waals surface area (Å²) in [4.78, 5) is 4.07. The fourth-order valence-electron chi connectivity index (χ4n) is 1.62. The SMILES string of the molecule is OCc1cccnc1OCC1CCCO1. The Labute approximate surface area is 88.9 Å². The lowest BCUT2D eigenvalue weighted by Crippen LogP contribution is -2.17. The summed E-state index contributed by atoms with van der Waals surface area (Å²) in [5, 5.41) is 9.06. The standard InChI is InChI=1S/C11H15NO3/c13-7-9-3-1-5-12-11(9)15-8-10-4-2-6-14-10/h1,3,5,10,13H,2,4,6-8H2. The molecule has 1 N–H and O–H groups in total. The molecule has 0 spiro atoms. The molecule has 0 saturated carbocycles. The minimum Gasteiger partial charge on any atom is -0.475 e. The van der Waals surface area contributed by atoms with Crippen LogP contribution in [0, 0.1) is 0 Å². The van der Waals surface area contributed by atoms with Gasteiger partial charge in [-0.1, -0.05) is 0 Å². The van der Waals surface area contributed by atoms with E-state index in [0.717, 1.165) is 25.0 Å². The topological polar surface area (TPSA) is 51.6 Å². The molecule has 1 fully saturated rings. The van der Waals surface area contributed by atoms with Crippen molar-refractivity contribution in [1.82, 2.24) is 4.98 Å². The molecule has 2 rings (SSSR count). The molecule has 0 amide bonds. The Morgan fingerprint density at radius 2 is 2.53 bits per heavy atom. The zero-order chi connectivity index (χ0) is 10.5. The summed E-state index contributed by atoms with van der Waals surface area (Å²) in [5.41, 5.74) is 0.718. The lowest BCUT2D eigenvalue weighted by Gasteiger charge is -2.12. The summed E-state index contributed by atoms with van der Waals surface area (Å²) in [6.45, 7) is 1.29. The number of rotatable bonds is 4. The van der Waals surface area contributed by atoms with Crippen molar-refractivity contribution >= 4 is 0 Å². The number of hydrogen-bond donors (Lipinski definition) is 1. The summed E-state index contributed by atoms with van der Waals surface area (Å²) in [6, 6.07) is 3.59. The maximum Gasteiger partial charge on any atom is 0.218 e.